The molecule has 0 aliphatic carbocycles. The third-order valence-electron chi connectivity index (χ3n) is 4.07. The summed E-state index contributed by atoms with van der Waals surface area (Å²) in [4.78, 5) is 35.5. The first-order chi connectivity index (χ1) is 14.5. The van der Waals surface area contributed by atoms with Crippen molar-refractivity contribution in [3.63, 3.8) is 0 Å². The fourth-order valence-electron chi connectivity index (χ4n) is 2.62. The number of ether oxygens (including phenoxy) is 1. The van der Waals surface area contributed by atoms with Gasteiger partial charge in [-0.2, -0.15) is 0 Å². The zero-order valence-electron chi connectivity index (χ0n) is 16.3. The monoisotopic (exact) mass is 403 g/mol. The van der Waals surface area contributed by atoms with Gasteiger partial charge in [-0.25, -0.2) is 4.79 Å². The van der Waals surface area contributed by atoms with Crippen LogP contribution in [-0.2, 0) is 4.79 Å². The molecule has 0 radical (unpaired) electrons. The highest BCUT2D eigenvalue weighted by Gasteiger charge is 2.07. The van der Waals surface area contributed by atoms with Gasteiger partial charge in [0.15, 0.2) is 12.4 Å². The Balaban J connectivity index is 1.50. The highest BCUT2D eigenvalue weighted by Crippen LogP contribution is 2.16. The molecule has 7 nitrogen and oxygen atoms in total. The van der Waals surface area contributed by atoms with E-state index in [4.69, 9.17) is 4.74 Å². The van der Waals surface area contributed by atoms with E-state index in [-0.39, 0.29) is 24.3 Å². The summed E-state index contributed by atoms with van der Waals surface area (Å²) < 4.78 is 5.43. The van der Waals surface area contributed by atoms with Crippen molar-refractivity contribution in [1.29, 1.82) is 0 Å². The molecule has 0 spiro atoms. The molecule has 0 bridgehead atoms. The topological polar surface area (TPSA) is 96.5 Å². The number of hydrogen-bond acceptors (Lipinski definition) is 4. The van der Waals surface area contributed by atoms with Crippen molar-refractivity contribution in [2.75, 3.05) is 22.6 Å². The number of para-hydroxylation sites is 1. The maximum Gasteiger partial charge on any atom is 0.323 e. The molecule has 0 heterocycles. The first-order valence-electron chi connectivity index (χ1n) is 9.26. The molecule has 0 aliphatic heterocycles. The van der Waals surface area contributed by atoms with E-state index < -0.39 is 0 Å². The van der Waals surface area contributed by atoms with Gasteiger partial charge >= 0.3 is 6.03 Å². The highest BCUT2D eigenvalue weighted by atomic mass is 16.5. The summed E-state index contributed by atoms with van der Waals surface area (Å²) in [6, 6.07) is 22.0. The first-order valence-corrected chi connectivity index (χ1v) is 9.26. The van der Waals surface area contributed by atoms with Crippen LogP contribution >= 0.6 is 0 Å². The van der Waals surface area contributed by atoms with E-state index in [9.17, 15) is 14.4 Å². The largest absolute Gasteiger partial charge is 0.484 e. The Morgan fingerprint density at radius 3 is 2.00 bits per heavy atom. The summed E-state index contributed by atoms with van der Waals surface area (Å²) in [7, 11) is 0. The zero-order valence-corrected chi connectivity index (χ0v) is 16.3. The lowest BCUT2D eigenvalue weighted by Crippen LogP contribution is -2.21. The molecule has 152 valence electrons. The number of anilines is 3. The number of ketones is 1. The summed E-state index contributed by atoms with van der Waals surface area (Å²) in [6.07, 6.45) is 0. The Morgan fingerprint density at radius 1 is 0.733 bits per heavy atom. The Labute approximate surface area is 174 Å². The normalized spacial score (nSPS) is 10.0. The fourth-order valence-corrected chi connectivity index (χ4v) is 2.62. The van der Waals surface area contributed by atoms with Crippen molar-refractivity contribution in [2.24, 2.45) is 0 Å². The molecule has 3 aromatic rings. The highest BCUT2D eigenvalue weighted by molar-refractivity contribution is 6.00. The molecule has 3 rings (SSSR count). The number of Topliss-reactive ketones (excluding diaryl/α,β-unsaturated/α-hetero) is 1. The second kappa shape index (κ2) is 9.88. The van der Waals surface area contributed by atoms with Crippen LogP contribution < -0.4 is 20.7 Å². The SMILES string of the molecule is CC(=O)c1ccc(OCC(=O)Nc2cccc(NC(=O)Nc3ccccc3)c2)cc1. The Hall–Kier alpha value is -4.13. The van der Waals surface area contributed by atoms with Crippen LogP contribution in [-0.4, -0.2) is 24.3 Å². The molecule has 3 N–H and O–H groups in total. The molecule has 0 aliphatic rings. The number of carbonyl (C=O) groups is 3. The molecule has 0 atom stereocenters. The third-order valence-corrected chi connectivity index (χ3v) is 4.07. The summed E-state index contributed by atoms with van der Waals surface area (Å²) in [5.74, 6) is 0.102. The van der Waals surface area contributed by atoms with Crippen LogP contribution in [0, 0.1) is 0 Å². The minimum absolute atomic E-state index is 0.0368. The molecule has 3 amide bonds. The van der Waals surface area contributed by atoms with Gasteiger partial charge in [-0.15, -0.1) is 0 Å². The third kappa shape index (κ3) is 6.20. The van der Waals surface area contributed by atoms with Crippen LogP contribution in [0.15, 0.2) is 78.9 Å². The Bertz CT molecular complexity index is 1030. The Morgan fingerprint density at radius 2 is 1.33 bits per heavy atom. The summed E-state index contributed by atoms with van der Waals surface area (Å²) in [5.41, 5.74) is 2.30. The van der Waals surface area contributed by atoms with Crippen LogP contribution in [0.25, 0.3) is 0 Å². The molecule has 0 saturated heterocycles. The van der Waals surface area contributed by atoms with Crippen LogP contribution in [0.5, 0.6) is 5.75 Å². The predicted octanol–water partition coefficient (Wildman–Crippen LogP) is 4.55. The van der Waals surface area contributed by atoms with E-state index in [0.717, 1.165) is 0 Å². The van der Waals surface area contributed by atoms with E-state index >= 15 is 0 Å². The van der Waals surface area contributed by atoms with Gasteiger partial charge in [0.2, 0.25) is 0 Å². The quantitative estimate of drug-likeness (QED) is 0.504. The molecule has 7 heteroatoms. The van der Waals surface area contributed by atoms with Crippen LogP contribution in [0.4, 0.5) is 21.9 Å². The molecule has 3 aromatic carbocycles. The minimum atomic E-state index is -0.387. The standard InChI is InChI=1S/C23H21N3O4/c1-16(27)17-10-12-21(13-11-17)30-15-22(28)24-19-8-5-9-20(14-19)26-23(29)25-18-6-3-2-4-7-18/h2-14H,15H2,1H3,(H,24,28)(H2,25,26,29). The maximum atomic E-state index is 12.1. The molecule has 0 saturated carbocycles. The van der Waals surface area contributed by atoms with E-state index in [1.807, 2.05) is 18.2 Å². The van der Waals surface area contributed by atoms with Gasteiger partial charge in [-0.3, -0.25) is 9.59 Å². The second-order valence-corrected chi connectivity index (χ2v) is 6.44. The van der Waals surface area contributed by atoms with Crippen molar-refractivity contribution in [3.8, 4) is 5.75 Å². The lowest BCUT2D eigenvalue weighted by Gasteiger charge is -2.10. The fraction of sp³-hybridized carbons (Fsp3) is 0.0870. The average molecular weight is 403 g/mol. The predicted molar refractivity (Wildman–Crippen MR) is 116 cm³/mol. The molecule has 0 fully saturated rings. The molecule has 0 aromatic heterocycles. The van der Waals surface area contributed by atoms with Crippen molar-refractivity contribution >= 4 is 34.8 Å². The molecular weight excluding hydrogens is 382 g/mol. The Kier molecular flexibility index (Phi) is 6.78. The summed E-state index contributed by atoms with van der Waals surface area (Å²) >= 11 is 0. The van der Waals surface area contributed by atoms with Crippen molar-refractivity contribution < 1.29 is 19.1 Å². The van der Waals surface area contributed by atoms with E-state index in [2.05, 4.69) is 16.0 Å². The number of rotatable bonds is 7. The van der Waals surface area contributed by atoms with Crippen molar-refractivity contribution in [3.05, 3.63) is 84.4 Å². The number of amides is 3. The summed E-state index contributed by atoms with van der Waals surface area (Å²) in [6.45, 7) is 1.29. The lowest BCUT2D eigenvalue weighted by molar-refractivity contribution is -0.118. The second-order valence-electron chi connectivity index (χ2n) is 6.44. The van der Waals surface area contributed by atoms with E-state index in [0.29, 0.717) is 28.4 Å². The van der Waals surface area contributed by atoms with Crippen molar-refractivity contribution in [2.45, 2.75) is 6.92 Å². The van der Waals surface area contributed by atoms with Crippen LogP contribution in [0.3, 0.4) is 0 Å². The van der Waals surface area contributed by atoms with Gasteiger partial charge < -0.3 is 20.7 Å². The number of hydrogen-bond donors (Lipinski definition) is 3. The number of carbonyl (C=O) groups excluding carboxylic acids is 3. The first kappa shape index (κ1) is 20.6. The summed E-state index contributed by atoms with van der Waals surface area (Å²) in [5, 5.41) is 8.15. The van der Waals surface area contributed by atoms with Gasteiger partial charge in [-0.1, -0.05) is 24.3 Å². The maximum absolute atomic E-state index is 12.1. The smallest absolute Gasteiger partial charge is 0.323 e. The number of urea groups is 1. The molecule has 30 heavy (non-hydrogen) atoms. The number of benzene rings is 3. The van der Waals surface area contributed by atoms with E-state index in [1.165, 1.54) is 6.92 Å². The van der Waals surface area contributed by atoms with Gasteiger partial charge in [-0.05, 0) is 61.5 Å². The van der Waals surface area contributed by atoms with Crippen LogP contribution in [0.1, 0.15) is 17.3 Å². The van der Waals surface area contributed by atoms with Gasteiger partial charge in [0.05, 0.1) is 0 Å². The average Bonchev–Trinajstić information content (AvgIpc) is 2.73. The minimum Gasteiger partial charge on any atom is -0.484 e. The molecule has 0 unspecified atom stereocenters. The van der Waals surface area contributed by atoms with Gasteiger partial charge in [0.1, 0.15) is 5.75 Å². The van der Waals surface area contributed by atoms with Gasteiger partial charge in [0, 0.05) is 22.6 Å². The zero-order chi connectivity index (χ0) is 21.3. The van der Waals surface area contributed by atoms with Crippen LogP contribution in [0.2, 0.25) is 0 Å². The lowest BCUT2D eigenvalue weighted by atomic mass is 10.1. The van der Waals surface area contributed by atoms with E-state index in [1.54, 1.807) is 60.7 Å². The number of nitrogens with one attached hydrogen (secondary N) is 3. The molecular formula is C23H21N3O4. The van der Waals surface area contributed by atoms with Gasteiger partial charge in [0.25, 0.3) is 5.91 Å². The van der Waals surface area contributed by atoms with Crippen molar-refractivity contribution in [1.82, 2.24) is 0 Å².